The molecule has 1 aromatic rings. The van der Waals surface area contributed by atoms with Gasteiger partial charge in [-0.25, -0.2) is 13.2 Å². The van der Waals surface area contributed by atoms with Crippen LogP contribution in [0.5, 0.6) is 0 Å². The van der Waals surface area contributed by atoms with Gasteiger partial charge in [0.15, 0.2) is 17.5 Å². The molecule has 0 radical (unpaired) electrons. The Balaban J connectivity index is 0.00000242. The Morgan fingerprint density at radius 1 is 1.04 bits per heavy atom. The lowest BCUT2D eigenvalue weighted by Crippen LogP contribution is -2.45. The molecule has 2 nitrogen and oxygen atoms in total. The van der Waals surface area contributed by atoms with Gasteiger partial charge in [0.25, 0.3) is 0 Å². The summed E-state index contributed by atoms with van der Waals surface area (Å²) in [5, 5.41) is 3.25. The molecule has 1 heterocycles. The Morgan fingerprint density at radius 2 is 1.70 bits per heavy atom. The lowest BCUT2D eigenvalue weighted by atomic mass is 9.97. The summed E-state index contributed by atoms with van der Waals surface area (Å²) >= 11 is 0. The molecule has 1 fully saturated rings. The maximum atomic E-state index is 14.1. The van der Waals surface area contributed by atoms with Crippen LogP contribution in [0.3, 0.4) is 0 Å². The fourth-order valence-electron chi connectivity index (χ4n) is 2.91. The number of benzene rings is 1. The van der Waals surface area contributed by atoms with E-state index in [4.69, 9.17) is 0 Å². The van der Waals surface area contributed by atoms with Crippen molar-refractivity contribution in [2.24, 2.45) is 0 Å². The molecule has 1 saturated heterocycles. The van der Waals surface area contributed by atoms with E-state index in [1.807, 2.05) is 0 Å². The first kappa shape index (κ1) is 22.5. The van der Waals surface area contributed by atoms with E-state index in [2.05, 4.69) is 17.1 Å². The Morgan fingerprint density at radius 3 is 2.30 bits per heavy atom. The predicted molar refractivity (Wildman–Crippen MR) is 92.1 cm³/mol. The quantitative estimate of drug-likeness (QED) is 0.585. The van der Waals surface area contributed by atoms with Gasteiger partial charge in [-0.2, -0.15) is 0 Å². The molecule has 0 saturated carbocycles. The van der Waals surface area contributed by atoms with E-state index in [1.165, 1.54) is 6.07 Å². The molecule has 0 aromatic heterocycles. The first-order chi connectivity index (χ1) is 10.1. The van der Waals surface area contributed by atoms with Gasteiger partial charge in [0, 0.05) is 37.8 Å². The van der Waals surface area contributed by atoms with Crippen molar-refractivity contribution in [3.05, 3.63) is 35.1 Å². The molecule has 134 valence electrons. The molecule has 1 aliphatic heterocycles. The van der Waals surface area contributed by atoms with E-state index in [1.54, 1.807) is 0 Å². The third-order valence-electron chi connectivity index (χ3n) is 4.10. The van der Waals surface area contributed by atoms with Crippen LogP contribution in [0.1, 0.15) is 44.2 Å². The van der Waals surface area contributed by atoms with Crippen molar-refractivity contribution >= 4 is 24.8 Å². The number of halogens is 5. The van der Waals surface area contributed by atoms with E-state index >= 15 is 0 Å². The van der Waals surface area contributed by atoms with Crippen molar-refractivity contribution in [3.63, 3.8) is 0 Å². The monoisotopic (exact) mass is 372 g/mol. The van der Waals surface area contributed by atoms with Crippen molar-refractivity contribution in [1.29, 1.82) is 0 Å². The fraction of sp³-hybridized carbons (Fsp3) is 0.625. The molecule has 23 heavy (non-hydrogen) atoms. The van der Waals surface area contributed by atoms with E-state index < -0.39 is 17.5 Å². The summed E-state index contributed by atoms with van der Waals surface area (Å²) in [6.07, 6.45) is 3.88. The number of hydrogen-bond donors (Lipinski definition) is 1. The highest BCUT2D eigenvalue weighted by atomic mass is 35.5. The normalized spacial score (nSPS) is 16.3. The predicted octanol–water partition coefficient (Wildman–Crippen LogP) is 4.47. The molecule has 1 N–H and O–H groups in total. The topological polar surface area (TPSA) is 15.3 Å². The third-order valence-corrected chi connectivity index (χ3v) is 4.10. The smallest absolute Gasteiger partial charge is 0.194 e. The largest absolute Gasteiger partial charge is 0.314 e. The zero-order valence-electron chi connectivity index (χ0n) is 13.3. The van der Waals surface area contributed by atoms with E-state index in [-0.39, 0.29) is 36.4 Å². The van der Waals surface area contributed by atoms with Gasteiger partial charge >= 0.3 is 0 Å². The van der Waals surface area contributed by atoms with Gasteiger partial charge < -0.3 is 5.32 Å². The summed E-state index contributed by atoms with van der Waals surface area (Å²) in [6, 6.07) is 2.25. The summed E-state index contributed by atoms with van der Waals surface area (Å²) in [6.45, 7) is 5.40. The Hall–Kier alpha value is -0.490. The SMILES string of the molecule is CCCCC[C@H](c1ccc(F)c(F)c1F)N1CCNCC1.Cl.Cl. The van der Waals surface area contributed by atoms with Gasteiger partial charge in [-0.1, -0.05) is 32.3 Å². The van der Waals surface area contributed by atoms with Crippen LogP contribution in [0.15, 0.2) is 12.1 Å². The number of hydrogen-bond acceptors (Lipinski definition) is 2. The average Bonchev–Trinajstić information content (AvgIpc) is 2.51. The van der Waals surface area contributed by atoms with E-state index in [0.717, 1.165) is 57.9 Å². The number of unbranched alkanes of at least 4 members (excludes halogenated alkanes) is 2. The van der Waals surface area contributed by atoms with Crippen LogP contribution in [0, 0.1) is 17.5 Å². The van der Waals surface area contributed by atoms with E-state index in [0.29, 0.717) is 0 Å². The second kappa shape index (κ2) is 11.1. The second-order valence-electron chi connectivity index (χ2n) is 5.56. The van der Waals surface area contributed by atoms with E-state index in [9.17, 15) is 13.2 Å². The number of nitrogens with zero attached hydrogens (tertiary/aromatic N) is 1. The summed E-state index contributed by atoms with van der Waals surface area (Å²) in [7, 11) is 0. The van der Waals surface area contributed by atoms with Crippen molar-refractivity contribution in [2.45, 2.75) is 38.6 Å². The van der Waals surface area contributed by atoms with Crippen LogP contribution in [0.4, 0.5) is 13.2 Å². The summed E-state index contributed by atoms with van der Waals surface area (Å²) < 4.78 is 40.8. The minimum absolute atomic E-state index is 0. The zero-order valence-corrected chi connectivity index (χ0v) is 14.9. The Kier molecular flexibility index (Phi) is 10.9. The molecule has 1 aromatic carbocycles. The van der Waals surface area contributed by atoms with Gasteiger partial charge in [-0.3, -0.25) is 4.90 Å². The van der Waals surface area contributed by atoms with Gasteiger partial charge in [0.05, 0.1) is 0 Å². The average molecular weight is 373 g/mol. The fourth-order valence-corrected chi connectivity index (χ4v) is 2.91. The van der Waals surface area contributed by atoms with Gasteiger partial charge in [0.1, 0.15) is 0 Å². The summed E-state index contributed by atoms with van der Waals surface area (Å²) in [5.41, 5.74) is 0.284. The summed E-state index contributed by atoms with van der Waals surface area (Å²) in [5.74, 6) is -3.51. The van der Waals surface area contributed by atoms with Crippen LogP contribution in [-0.2, 0) is 0 Å². The Labute approximate surface area is 148 Å². The van der Waals surface area contributed by atoms with Gasteiger partial charge in [-0.15, -0.1) is 24.8 Å². The molecule has 0 aliphatic carbocycles. The number of rotatable bonds is 6. The third kappa shape index (κ3) is 5.82. The molecular weight excluding hydrogens is 348 g/mol. The maximum Gasteiger partial charge on any atom is 0.194 e. The minimum Gasteiger partial charge on any atom is -0.314 e. The van der Waals surface area contributed by atoms with Crippen molar-refractivity contribution in [2.75, 3.05) is 26.2 Å². The minimum atomic E-state index is -1.36. The molecule has 1 atom stereocenters. The first-order valence-corrected chi connectivity index (χ1v) is 7.73. The molecule has 0 spiro atoms. The maximum absolute atomic E-state index is 14.1. The Bertz CT molecular complexity index is 469. The van der Waals surface area contributed by atoms with Crippen LogP contribution >= 0.6 is 24.8 Å². The lowest BCUT2D eigenvalue weighted by Gasteiger charge is -2.35. The molecule has 0 bridgehead atoms. The number of piperazine rings is 1. The molecule has 2 rings (SSSR count). The van der Waals surface area contributed by atoms with Gasteiger partial charge in [0.2, 0.25) is 0 Å². The summed E-state index contributed by atoms with van der Waals surface area (Å²) in [4.78, 5) is 2.17. The molecule has 7 heteroatoms. The highest BCUT2D eigenvalue weighted by Crippen LogP contribution is 2.30. The second-order valence-corrected chi connectivity index (χ2v) is 5.56. The highest BCUT2D eigenvalue weighted by Gasteiger charge is 2.26. The van der Waals surface area contributed by atoms with Gasteiger partial charge in [-0.05, 0) is 12.5 Å². The van der Waals surface area contributed by atoms with Crippen LogP contribution < -0.4 is 5.32 Å². The van der Waals surface area contributed by atoms with Crippen molar-refractivity contribution < 1.29 is 13.2 Å². The first-order valence-electron chi connectivity index (χ1n) is 7.73. The lowest BCUT2D eigenvalue weighted by molar-refractivity contribution is 0.158. The highest BCUT2D eigenvalue weighted by molar-refractivity contribution is 5.85. The standard InChI is InChI=1S/C16H23F3N2.2ClH/c1-2-3-4-5-14(21-10-8-20-9-11-21)12-6-7-13(17)16(19)15(12)18;;/h6-7,14,20H,2-5,8-11H2,1H3;2*1H/t14-;;/m1../s1. The van der Waals surface area contributed by atoms with Crippen LogP contribution in [0.25, 0.3) is 0 Å². The zero-order chi connectivity index (χ0) is 15.2. The number of nitrogens with one attached hydrogen (secondary N) is 1. The molecular formula is C16H25Cl2F3N2. The molecule has 0 amide bonds. The van der Waals surface area contributed by atoms with Crippen molar-refractivity contribution in [3.8, 4) is 0 Å². The molecule has 0 unspecified atom stereocenters. The van der Waals surface area contributed by atoms with Crippen LogP contribution in [-0.4, -0.2) is 31.1 Å². The van der Waals surface area contributed by atoms with Crippen LogP contribution in [0.2, 0.25) is 0 Å². The molecule has 1 aliphatic rings. The van der Waals surface area contributed by atoms with Crippen molar-refractivity contribution in [1.82, 2.24) is 10.2 Å².